The number of esters is 1. The molecule has 1 aliphatic heterocycles. The molecule has 0 bridgehead atoms. The zero-order chi connectivity index (χ0) is 19.4. The van der Waals surface area contributed by atoms with Crippen molar-refractivity contribution in [3.8, 4) is 0 Å². The van der Waals surface area contributed by atoms with E-state index in [1.54, 1.807) is 24.0 Å². The van der Waals surface area contributed by atoms with Gasteiger partial charge in [0, 0.05) is 30.9 Å². The number of piperazine rings is 1. The number of hydrogen-bond acceptors (Lipinski definition) is 6. The lowest BCUT2D eigenvalue weighted by molar-refractivity contribution is -0.136. The van der Waals surface area contributed by atoms with Gasteiger partial charge in [-0.15, -0.1) is 11.3 Å². The Hall–Kier alpha value is -2.68. The van der Waals surface area contributed by atoms with E-state index in [0.717, 1.165) is 4.70 Å². The van der Waals surface area contributed by atoms with Gasteiger partial charge in [0.25, 0.3) is 5.91 Å². The Kier molecular flexibility index (Phi) is 5.90. The molecular weight excluding hydrogens is 375 g/mol. The van der Waals surface area contributed by atoms with E-state index in [-0.39, 0.29) is 18.3 Å². The van der Waals surface area contributed by atoms with Crippen LogP contribution >= 0.6 is 11.3 Å². The lowest BCUT2D eigenvalue weighted by Crippen LogP contribution is -2.51. The Morgan fingerprint density at radius 2 is 1.78 bits per heavy atom. The fourth-order valence-electron chi connectivity index (χ4n) is 2.76. The number of ether oxygens (including phenoxy) is 2. The molecule has 9 heteroatoms. The van der Waals surface area contributed by atoms with Crippen LogP contribution in [0.25, 0.3) is 10.1 Å². The summed E-state index contributed by atoms with van der Waals surface area (Å²) in [5, 5.41) is 0.619. The maximum absolute atomic E-state index is 13.2. The molecule has 1 aromatic carbocycles. The monoisotopic (exact) mass is 394 g/mol. The summed E-state index contributed by atoms with van der Waals surface area (Å²) in [5.74, 6) is -1.31. The largest absolute Gasteiger partial charge is 0.451 e. The van der Waals surface area contributed by atoms with E-state index in [1.807, 2.05) is 0 Å². The van der Waals surface area contributed by atoms with Crippen molar-refractivity contribution in [3.05, 3.63) is 35.0 Å². The zero-order valence-corrected chi connectivity index (χ0v) is 15.6. The summed E-state index contributed by atoms with van der Waals surface area (Å²) < 4.78 is 24.0. The highest BCUT2D eigenvalue weighted by molar-refractivity contribution is 7.20. The maximum atomic E-state index is 13.2. The van der Waals surface area contributed by atoms with Crippen LogP contribution in [-0.4, -0.2) is 67.2 Å². The first-order valence-electron chi connectivity index (χ1n) is 8.53. The number of carbonyl (C=O) groups excluding carboxylic acids is 3. The second-order valence-electron chi connectivity index (χ2n) is 5.94. The standard InChI is InChI=1S/C18H19FN2O5S/c1-2-25-18(24)21-7-5-20(6-8-21)16(22)11-26-17(23)15-10-12-9-13(19)3-4-14(12)27-15/h3-4,9-10H,2,5-8,11H2,1H3. The molecule has 0 unspecified atom stereocenters. The third-order valence-electron chi connectivity index (χ3n) is 4.16. The van der Waals surface area contributed by atoms with Crippen LogP contribution in [-0.2, 0) is 14.3 Å². The number of benzene rings is 1. The summed E-state index contributed by atoms with van der Waals surface area (Å²) in [5.41, 5.74) is 0. The number of fused-ring (bicyclic) bond motifs is 1. The number of hydrogen-bond donors (Lipinski definition) is 0. The van der Waals surface area contributed by atoms with Gasteiger partial charge in [-0.25, -0.2) is 14.0 Å². The molecule has 144 valence electrons. The highest BCUT2D eigenvalue weighted by atomic mass is 32.1. The average molecular weight is 394 g/mol. The molecule has 0 aliphatic carbocycles. The molecule has 1 saturated heterocycles. The van der Waals surface area contributed by atoms with E-state index in [0.29, 0.717) is 43.0 Å². The number of halogens is 1. The molecule has 3 rings (SSSR count). The molecule has 2 amide bonds. The van der Waals surface area contributed by atoms with Crippen LogP contribution in [0.5, 0.6) is 0 Å². The van der Waals surface area contributed by atoms with Crippen LogP contribution in [0.2, 0.25) is 0 Å². The van der Waals surface area contributed by atoms with E-state index >= 15 is 0 Å². The second-order valence-corrected chi connectivity index (χ2v) is 7.02. The minimum atomic E-state index is -0.616. The summed E-state index contributed by atoms with van der Waals surface area (Å²) >= 11 is 1.19. The molecular formula is C18H19FN2O5S. The molecule has 7 nitrogen and oxygen atoms in total. The molecule has 27 heavy (non-hydrogen) atoms. The first-order chi connectivity index (χ1) is 13.0. The van der Waals surface area contributed by atoms with Gasteiger partial charge in [0.2, 0.25) is 0 Å². The van der Waals surface area contributed by atoms with Crippen molar-refractivity contribution in [2.75, 3.05) is 39.4 Å². The SMILES string of the molecule is CCOC(=O)N1CCN(C(=O)COC(=O)c2cc3cc(F)ccc3s2)CC1. The smallest absolute Gasteiger partial charge is 0.409 e. The third kappa shape index (κ3) is 4.54. The van der Waals surface area contributed by atoms with E-state index in [4.69, 9.17) is 9.47 Å². The highest BCUT2D eigenvalue weighted by Gasteiger charge is 2.25. The first kappa shape index (κ1) is 19.1. The lowest BCUT2D eigenvalue weighted by Gasteiger charge is -2.33. The molecule has 1 aromatic heterocycles. The van der Waals surface area contributed by atoms with E-state index in [9.17, 15) is 18.8 Å². The highest BCUT2D eigenvalue weighted by Crippen LogP contribution is 2.26. The Morgan fingerprint density at radius 1 is 1.07 bits per heavy atom. The van der Waals surface area contributed by atoms with Gasteiger partial charge in [-0.1, -0.05) is 0 Å². The van der Waals surface area contributed by atoms with Crippen molar-refractivity contribution in [1.29, 1.82) is 0 Å². The molecule has 2 heterocycles. The quantitative estimate of drug-likeness (QED) is 0.745. The van der Waals surface area contributed by atoms with Crippen LogP contribution in [0.3, 0.4) is 0 Å². The van der Waals surface area contributed by atoms with Crippen LogP contribution in [0.15, 0.2) is 24.3 Å². The van der Waals surface area contributed by atoms with Gasteiger partial charge in [-0.2, -0.15) is 0 Å². The first-order valence-corrected chi connectivity index (χ1v) is 9.35. The van der Waals surface area contributed by atoms with Crippen LogP contribution in [0.1, 0.15) is 16.6 Å². The fourth-order valence-corrected chi connectivity index (χ4v) is 3.69. The van der Waals surface area contributed by atoms with Gasteiger partial charge in [0.1, 0.15) is 10.7 Å². The second kappa shape index (κ2) is 8.34. The molecule has 1 aliphatic rings. The van der Waals surface area contributed by atoms with Crippen molar-refractivity contribution in [1.82, 2.24) is 9.80 Å². The molecule has 0 saturated carbocycles. The van der Waals surface area contributed by atoms with Crippen molar-refractivity contribution in [2.24, 2.45) is 0 Å². The summed E-state index contributed by atoms with van der Waals surface area (Å²) in [6.45, 7) is 3.13. The molecule has 2 aromatic rings. The number of carbonyl (C=O) groups is 3. The average Bonchev–Trinajstić information content (AvgIpc) is 3.09. The Balaban J connectivity index is 1.50. The lowest BCUT2D eigenvalue weighted by atomic mass is 10.2. The van der Waals surface area contributed by atoms with Crippen molar-refractivity contribution in [2.45, 2.75) is 6.92 Å². The third-order valence-corrected chi connectivity index (χ3v) is 5.26. The van der Waals surface area contributed by atoms with Gasteiger partial charge in [0.15, 0.2) is 6.61 Å². The predicted octanol–water partition coefficient (Wildman–Crippen LogP) is 2.50. The van der Waals surface area contributed by atoms with E-state index in [2.05, 4.69) is 0 Å². The van der Waals surface area contributed by atoms with Crippen molar-refractivity contribution >= 4 is 39.4 Å². The molecule has 0 N–H and O–H groups in total. The van der Waals surface area contributed by atoms with Gasteiger partial charge in [0.05, 0.1) is 6.61 Å². The van der Waals surface area contributed by atoms with E-state index in [1.165, 1.54) is 28.4 Å². The van der Waals surface area contributed by atoms with Gasteiger partial charge in [-0.05, 0) is 36.6 Å². The van der Waals surface area contributed by atoms with Crippen LogP contribution in [0.4, 0.5) is 9.18 Å². The Labute approximate surface area is 159 Å². The normalized spacial score (nSPS) is 14.3. The topological polar surface area (TPSA) is 76.2 Å². The summed E-state index contributed by atoms with van der Waals surface area (Å²) in [6, 6.07) is 5.82. The minimum absolute atomic E-state index is 0.304. The molecule has 1 fully saturated rings. The van der Waals surface area contributed by atoms with Crippen LogP contribution < -0.4 is 0 Å². The van der Waals surface area contributed by atoms with E-state index < -0.39 is 12.1 Å². The number of nitrogens with zero attached hydrogens (tertiary/aromatic N) is 2. The molecule has 0 radical (unpaired) electrons. The molecule has 0 atom stereocenters. The number of rotatable bonds is 4. The van der Waals surface area contributed by atoms with Gasteiger partial charge in [-0.3, -0.25) is 4.79 Å². The maximum Gasteiger partial charge on any atom is 0.409 e. The summed E-state index contributed by atoms with van der Waals surface area (Å²) in [7, 11) is 0. The Morgan fingerprint density at radius 3 is 2.48 bits per heavy atom. The number of amides is 2. The van der Waals surface area contributed by atoms with Gasteiger partial charge < -0.3 is 19.3 Å². The van der Waals surface area contributed by atoms with Crippen molar-refractivity contribution < 1.29 is 28.2 Å². The minimum Gasteiger partial charge on any atom is -0.451 e. The Bertz CT molecular complexity index is 861. The summed E-state index contributed by atoms with van der Waals surface area (Å²) in [6.07, 6.45) is -0.391. The predicted molar refractivity (Wildman–Crippen MR) is 97.2 cm³/mol. The van der Waals surface area contributed by atoms with Crippen molar-refractivity contribution in [3.63, 3.8) is 0 Å². The van der Waals surface area contributed by atoms with Gasteiger partial charge >= 0.3 is 12.1 Å². The summed E-state index contributed by atoms with van der Waals surface area (Å²) in [4.78, 5) is 39.4. The molecule has 0 spiro atoms. The number of thiophene rings is 1. The van der Waals surface area contributed by atoms with Crippen LogP contribution in [0, 0.1) is 5.82 Å². The zero-order valence-electron chi connectivity index (χ0n) is 14.8. The fraction of sp³-hybridized carbons (Fsp3) is 0.389.